The zero-order valence-corrected chi connectivity index (χ0v) is 15.5. The smallest absolute Gasteiger partial charge is 0.278 e. The zero-order valence-electron chi connectivity index (χ0n) is 15.5. The van der Waals surface area contributed by atoms with Gasteiger partial charge in [-0.2, -0.15) is 0 Å². The molecule has 2 aromatic carbocycles. The molecule has 5 nitrogen and oxygen atoms in total. The van der Waals surface area contributed by atoms with Crippen LogP contribution in [-0.2, 0) is 14.3 Å². The third-order valence-corrected chi connectivity index (χ3v) is 4.60. The number of carbonyl (C=O) groups is 2. The maximum atomic E-state index is 13.3. The van der Waals surface area contributed by atoms with E-state index in [0.717, 1.165) is 16.0 Å². The van der Waals surface area contributed by atoms with Gasteiger partial charge in [0, 0.05) is 12.8 Å². The summed E-state index contributed by atoms with van der Waals surface area (Å²) in [6.45, 7) is 4.36. The Labute approximate surface area is 157 Å². The lowest BCUT2D eigenvalue weighted by molar-refractivity contribution is -0.137. The van der Waals surface area contributed by atoms with Crippen LogP contribution in [0.1, 0.15) is 16.7 Å². The van der Waals surface area contributed by atoms with Crippen LogP contribution in [0.5, 0.6) is 0 Å². The zero-order chi connectivity index (χ0) is 19.6. The van der Waals surface area contributed by atoms with Gasteiger partial charge in [0.15, 0.2) is 0 Å². The molecule has 0 unspecified atom stereocenters. The van der Waals surface area contributed by atoms with Crippen LogP contribution in [0.2, 0.25) is 0 Å². The Hall–Kier alpha value is -2.99. The van der Waals surface area contributed by atoms with Crippen molar-refractivity contribution in [1.29, 1.82) is 0 Å². The Morgan fingerprint density at radius 2 is 1.70 bits per heavy atom. The van der Waals surface area contributed by atoms with Gasteiger partial charge in [-0.25, -0.2) is 4.39 Å². The van der Waals surface area contributed by atoms with Crippen LogP contribution in [0.3, 0.4) is 0 Å². The fourth-order valence-corrected chi connectivity index (χ4v) is 2.93. The number of aryl methyl sites for hydroxylation is 2. The minimum Gasteiger partial charge on any atom is -0.383 e. The van der Waals surface area contributed by atoms with Crippen LogP contribution in [-0.4, -0.2) is 37.0 Å². The molecule has 0 fully saturated rings. The van der Waals surface area contributed by atoms with Crippen LogP contribution in [0.15, 0.2) is 48.2 Å². The van der Waals surface area contributed by atoms with Gasteiger partial charge < -0.3 is 10.1 Å². The van der Waals surface area contributed by atoms with Gasteiger partial charge >= 0.3 is 0 Å². The lowest BCUT2D eigenvalue weighted by atomic mass is 10.0. The highest BCUT2D eigenvalue weighted by Crippen LogP contribution is 2.30. The molecule has 0 atom stereocenters. The van der Waals surface area contributed by atoms with Gasteiger partial charge in [-0.15, -0.1) is 0 Å². The summed E-state index contributed by atoms with van der Waals surface area (Å²) in [5, 5.41) is 3.09. The van der Waals surface area contributed by atoms with Gasteiger partial charge in [0.05, 0.1) is 18.7 Å². The monoisotopic (exact) mass is 368 g/mol. The van der Waals surface area contributed by atoms with Gasteiger partial charge in [-0.1, -0.05) is 18.2 Å². The highest BCUT2D eigenvalue weighted by molar-refractivity contribution is 6.36. The maximum Gasteiger partial charge on any atom is 0.278 e. The molecular formula is C21H21FN2O3. The number of anilines is 1. The summed E-state index contributed by atoms with van der Waals surface area (Å²) < 4.78 is 18.3. The lowest BCUT2D eigenvalue weighted by Gasteiger charge is -2.14. The van der Waals surface area contributed by atoms with E-state index in [-0.39, 0.29) is 24.4 Å². The quantitative estimate of drug-likeness (QED) is 0.795. The van der Waals surface area contributed by atoms with E-state index in [9.17, 15) is 14.0 Å². The molecule has 0 aliphatic carbocycles. The number of imide groups is 1. The lowest BCUT2D eigenvalue weighted by Crippen LogP contribution is -2.35. The van der Waals surface area contributed by atoms with Crippen LogP contribution in [0, 0.1) is 19.7 Å². The Morgan fingerprint density at radius 1 is 1.00 bits per heavy atom. The second kappa shape index (κ2) is 7.72. The van der Waals surface area contributed by atoms with Crippen LogP contribution in [0.4, 0.5) is 10.1 Å². The normalized spacial score (nSPS) is 14.3. The second-order valence-electron chi connectivity index (χ2n) is 6.44. The molecule has 27 heavy (non-hydrogen) atoms. The van der Waals surface area contributed by atoms with Crippen molar-refractivity contribution in [2.75, 3.05) is 25.6 Å². The van der Waals surface area contributed by atoms with Crippen molar-refractivity contribution in [1.82, 2.24) is 4.90 Å². The summed E-state index contributed by atoms with van der Waals surface area (Å²) in [5.74, 6) is -1.25. The van der Waals surface area contributed by atoms with Crippen molar-refractivity contribution in [3.63, 3.8) is 0 Å². The van der Waals surface area contributed by atoms with Gasteiger partial charge in [-0.3, -0.25) is 14.5 Å². The van der Waals surface area contributed by atoms with Gasteiger partial charge in [-0.05, 0) is 54.8 Å². The number of nitrogens with one attached hydrogen (secondary N) is 1. The number of nitrogens with zero attached hydrogens (tertiary/aromatic N) is 1. The van der Waals surface area contributed by atoms with Crippen LogP contribution in [0.25, 0.3) is 5.57 Å². The van der Waals surface area contributed by atoms with Gasteiger partial charge in [0.25, 0.3) is 11.8 Å². The predicted molar refractivity (Wildman–Crippen MR) is 101 cm³/mol. The van der Waals surface area contributed by atoms with Gasteiger partial charge in [0.1, 0.15) is 11.5 Å². The van der Waals surface area contributed by atoms with E-state index in [0.29, 0.717) is 11.3 Å². The molecule has 0 saturated carbocycles. The topological polar surface area (TPSA) is 58.6 Å². The first-order valence-corrected chi connectivity index (χ1v) is 8.62. The molecule has 1 aliphatic heterocycles. The summed E-state index contributed by atoms with van der Waals surface area (Å²) in [7, 11) is 1.51. The predicted octanol–water partition coefficient (Wildman–Crippen LogP) is 3.28. The van der Waals surface area contributed by atoms with E-state index in [2.05, 4.69) is 5.32 Å². The summed E-state index contributed by atoms with van der Waals surface area (Å²) >= 11 is 0. The number of ether oxygens (including phenoxy) is 1. The van der Waals surface area contributed by atoms with Crippen LogP contribution < -0.4 is 5.32 Å². The number of halogens is 1. The van der Waals surface area contributed by atoms with E-state index in [1.54, 1.807) is 0 Å². The Kier molecular flexibility index (Phi) is 5.37. The van der Waals surface area contributed by atoms with Crippen molar-refractivity contribution in [3.8, 4) is 0 Å². The van der Waals surface area contributed by atoms with E-state index >= 15 is 0 Å². The van der Waals surface area contributed by atoms with Crippen molar-refractivity contribution >= 4 is 23.1 Å². The summed E-state index contributed by atoms with van der Waals surface area (Å²) in [6, 6.07) is 11.2. The van der Waals surface area contributed by atoms with Crippen molar-refractivity contribution < 1.29 is 18.7 Å². The molecule has 2 aromatic rings. The summed E-state index contributed by atoms with van der Waals surface area (Å²) in [6.07, 6.45) is 0. The number of methoxy groups -OCH3 is 1. The molecule has 6 heteroatoms. The molecule has 0 aromatic heterocycles. The number of carbonyl (C=O) groups excluding carboxylic acids is 2. The fourth-order valence-electron chi connectivity index (χ4n) is 2.93. The molecule has 140 valence electrons. The minimum atomic E-state index is -0.422. The molecule has 0 bridgehead atoms. The number of rotatable bonds is 6. The number of amides is 2. The highest BCUT2D eigenvalue weighted by Gasteiger charge is 2.38. The van der Waals surface area contributed by atoms with Crippen molar-refractivity contribution in [2.24, 2.45) is 0 Å². The molecule has 1 aliphatic rings. The minimum absolute atomic E-state index is 0.150. The first kappa shape index (κ1) is 18.8. The number of benzene rings is 2. The second-order valence-corrected chi connectivity index (χ2v) is 6.44. The van der Waals surface area contributed by atoms with E-state index in [4.69, 9.17) is 4.74 Å². The first-order valence-electron chi connectivity index (χ1n) is 8.62. The SMILES string of the molecule is COCCN1C(=O)C(Nc2ccc(C)c(C)c2)=C(c2ccc(F)cc2)C1=O. The Morgan fingerprint density at radius 3 is 2.33 bits per heavy atom. The molecule has 1 heterocycles. The Bertz CT molecular complexity index is 920. The van der Waals surface area contributed by atoms with Crippen LogP contribution >= 0.6 is 0 Å². The largest absolute Gasteiger partial charge is 0.383 e. The summed E-state index contributed by atoms with van der Waals surface area (Å²) in [4.78, 5) is 26.9. The third kappa shape index (κ3) is 3.75. The van der Waals surface area contributed by atoms with E-state index in [1.807, 2.05) is 32.0 Å². The molecule has 2 amide bonds. The summed E-state index contributed by atoms with van der Waals surface area (Å²) in [5.41, 5.74) is 3.81. The molecular weight excluding hydrogens is 347 g/mol. The average molecular weight is 368 g/mol. The van der Waals surface area contributed by atoms with Crippen molar-refractivity contribution in [3.05, 3.63) is 70.7 Å². The van der Waals surface area contributed by atoms with E-state index in [1.165, 1.54) is 31.4 Å². The fraction of sp³-hybridized carbons (Fsp3) is 0.238. The number of hydrogen-bond acceptors (Lipinski definition) is 4. The van der Waals surface area contributed by atoms with Gasteiger partial charge in [0.2, 0.25) is 0 Å². The maximum absolute atomic E-state index is 13.3. The highest BCUT2D eigenvalue weighted by atomic mass is 19.1. The average Bonchev–Trinajstić information content (AvgIpc) is 2.87. The van der Waals surface area contributed by atoms with E-state index < -0.39 is 17.6 Å². The molecule has 0 radical (unpaired) electrons. The first-order chi connectivity index (χ1) is 12.9. The van der Waals surface area contributed by atoms with Crippen molar-refractivity contribution in [2.45, 2.75) is 13.8 Å². The molecule has 0 saturated heterocycles. The molecule has 0 spiro atoms. The standard InChI is InChI=1S/C21H21FN2O3/c1-13-4-9-17(12-14(13)2)23-19-18(15-5-7-16(22)8-6-15)20(25)24(21(19)26)10-11-27-3/h4-9,12,23H,10-11H2,1-3H3. The number of hydrogen-bond donors (Lipinski definition) is 1. The Balaban J connectivity index is 2.04. The third-order valence-electron chi connectivity index (χ3n) is 4.60. The molecule has 1 N–H and O–H groups in total. The molecule has 3 rings (SSSR count).